The highest BCUT2D eigenvalue weighted by molar-refractivity contribution is 5.88. The van der Waals surface area contributed by atoms with Gasteiger partial charge in [-0.05, 0) is 52.3 Å². The van der Waals surface area contributed by atoms with Crippen molar-refractivity contribution >= 4 is 11.8 Å². The SMILES string of the molecule is Cc1ccc(CN(C(=O)COc2ccccc2)C(C)C(=O)NC(C)(C)C)cc1. The topological polar surface area (TPSA) is 58.6 Å². The van der Waals surface area contributed by atoms with Gasteiger partial charge in [0, 0.05) is 12.1 Å². The van der Waals surface area contributed by atoms with Crippen LogP contribution in [0.5, 0.6) is 5.75 Å². The van der Waals surface area contributed by atoms with Crippen molar-refractivity contribution in [3.8, 4) is 5.75 Å². The Morgan fingerprint density at radius 1 is 1.04 bits per heavy atom. The maximum atomic E-state index is 12.9. The van der Waals surface area contributed by atoms with E-state index >= 15 is 0 Å². The maximum Gasteiger partial charge on any atom is 0.261 e. The lowest BCUT2D eigenvalue weighted by molar-refractivity contribution is -0.142. The first-order chi connectivity index (χ1) is 13.2. The molecular formula is C23H30N2O3. The molecule has 2 amide bonds. The molecule has 5 heteroatoms. The second-order valence-electron chi connectivity index (χ2n) is 8.02. The number of carbonyl (C=O) groups is 2. The molecular weight excluding hydrogens is 352 g/mol. The van der Waals surface area contributed by atoms with Crippen LogP contribution in [0.15, 0.2) is 54.6 Å². The summed E-state index contributed by atoms with van der Waals surface area (Å²) in [4.78, 5) is 27.2. The fourth-order valence-electron chi connectivity index (χ4n) is 2.69. The average molecular weight is 383 g/mol. The Morgan fingerprint density at radius 2 is 1.64 bits per heavy atom. The molecule has 0 heterocycles. The van der Waals surface area contributed by atoms with Gasteiger partial charge in [-0.2, -0.15) is 0 Å². The van der Waals surface area contributed by atoms with Crippen molar-refractivity contribution in [2.75, 3.05) is 6.61 Å². The van der Waals surface area contributed by atoms with Crippen molar-refractivity contribution < 1.29 is 14.3 Å². The summed E-state index contributed by atoms with van der Waals surface area (Å²) in [5, 5.41) is 2.95. The van der Waals surface area contributed by atoms with Crippen molar-refractivity contribution in [2.24, 2.45) is 0 Å². The standard InChI is InChI=1S/C23H30N2O3/c1-17-11-13-19(14-12-17)15-25(18(2)22(27)24-23(3,4)5)21(26)16-28-20-9-7-6-8-10-20/h6-14,18H,15-16H2,1-5H3,(H,24,27). The molecule has 0 aliphatic carbocycles. The number of benzene rings is 2. The zero-order chi connectivity index (χ0) is 20.7. The Hall–Kier alpha value is -2.82. The van der Waals surface area contributed by atoms with E-state index in [-0.39, 0.29) is 24.0 Å². The van der Waals surface area contributed by atoms with Gasteiger partial charge in [-0.15, -0.1) is 0 Å². The first kappa shape index (κ1) is 21.5. The second-order valence-corrected chi connectivity index (χ2v) is 8.02. The number of nitrogens with zero attached hydrogens (tertiary/aromatic N) is 1. The molecule has 1 unspecified atom stereocenters. The molecule has 0 aromatic heterocycles. The van der Waals surface area contributed by atoms with E-state index in [0.717, 1.165) is 11.1 Å². The minimum absolute atomic E-state index is 0.122. The summed E-state index contributed by atoms with van der Waals surface area (Å²) in [6, 6.07) is 16.5. The number of ether oxygens (including phenoxy) is 1. The largest absolute Gasteiger partial charge is 0.484 e. The summed E-state index contributed by atoms with van der Waals surface area (Å²) in [6.45, 7) is 9.74. The molecule has 0 spiro atoms. The predicted octanol–water partition coefficient (Wildman–Crippen LogP) is 3.71. The van der Waals surface area contributed by atoms with Gasteiger partial charge in [0.25, 0.3) is 5.91 Å². The Bertz CT molecular complexity index is 780. The normalized spacial score (nSPS) is 12.2. The van der Waals surface area contributed by atoms with Crippen LogP contribution in [0.4, 0.5) is 0 Å². The summed E-state index contributed by atoms with van der Waals surface area (Å²) >= 11 is 0. The predicted molar refractivity (Wildman–Crippen MR) is 111 cm³/mol. The van der Waals surface area contributed by atoms with Crippen molar-refractivity contribution in [1.29, 1.82) is 0 Å². The van der Waals surface area contributed by atoms with E-state index in [1.807, 2.05) is 70.2 Å². The van der Waals surface area contributed by atoms with E-state index < -0.39 is 6.04 Å². The minimum atomic E-state index is -0.618. The lowest BCUT2D eigenvalue weighted by Gasteiger charge is -2.31. The number of carbonyl (C=O) groups excluding carboxylic acids is 2. The molecule has 28 heavy (non-hydrogen) atoms. The molecule has 1 N–H and O–H groups in total. The summed E-state index contributed by atoms with van der Waals surface area (Å²) in [5.41, 5.74) is 1.74. The van der Waals surface area contributed by atoms with E-state index in [1.165, 1.54) is 0 Å². The summed E-state index contributed by atoms with van der Waals surface area (Å²) in [7, 11) is 0. The minimum Gasteiger partial charge on any atom is -0.484 e. The van der Waals surface area contributed by atoms with Gasteiger partial charge < -0.3 is 15.0 Å². The van der Waals surface area contributed by atoms with Gasteiger partial charge in [0.2, 0.25) is 5.91 Å². The lowest BCUT2D eigenvalue weighted by Crippen LogP contribution is -2.53. The highest BCUT2D eigenvalue weighted by atomic mass is 16.5. The second kappa shape index (κ2) is 9.40. The van der Waals surface area contributed by atoms with Crippen molar-refractivity contribution in [3.05, 3.63) is 65.7 Å². The monoisotopic (exact) mass is 382 g/mol. The number of amides is 2. The third-order valence-corrected chi connectivity index (χ3v) is 4.24. The van der Waals surface area contributed by atoms with Gasteiger partial charge in [-0.3, -0.25) is 9.59 Å². The van der Waals surface area contributed by atoms with Crippen LogP contribution in [0.25, 0.3) is 0 Å². The number of hydrogen-bond donors (Lipinski definition) is 1. The molecule has 1 atom stereocenters. The molecule has 2 aromatic rings. The lowest BCUT2D eigenvalue weighted by atomic mass is 10.1. The van der Waals surface area contributed by atoms with Crippen LogP contribution in [-0.4, -0.2) is 34.9 Å². The quantitative estimate of drug-likeness (QED) is 0.794. The molecule has 0 saturated heterocycles. The van der Waals surface area contributed by atoms with Gasteiger partial charge >= 0.3 is 0 Å². The van der Waals surface area contributed by atoms with E-state index in [9.17, 15) is 9.59 Å². The van der Waals surface area contributed by atoms with Gasteiger partial charge in [0.15, 0.2) is 6.61 Å². The third-order valence-electron chi connectivity index (χ3n) is 4.24. The highest BCUT2D eigenvalue weighted by Crippen LogP contribution is 2.14. The number of hydrogen-bond acceptors (Lipinski definition) is 3. The van der Waals surface area contributed by atoms with E-state index in [0.29, 0.717) is 12.3 Å². The van der Waals surface area contributed by atoms with Crippen molar-refractivity contribution in [2.45, 2.75) is 52.7 Å². The first-order valence-electron chi connectivity index (χ1n) is 9.50. The molecule has 5 nitrogen and oxygen atoms in total. The Balaban J connectivity index is 2.15. The zero-order valence-corrected chi connectivity index (χ0v) is 17.4. The van der Waals surface area contributed by atoms with Crippen LogP contribution >= 0.6 is 0 Å². The Kier molecular flexibility index (Phi) is 7.21. The van der Waals surface area contributed by atoms with Crippen LogP contribution in [0.3, 0.4) is 0 Å². The molecule has 0 radical (unpaired) electrons. The molecule has 0 bridgehead atoms. The first-order valence-corrected chi connectivity index (χ1v) is 9.50. The number of para-hydroxylation sites is 1. The van der Waals surface area contributed by atoms with Gasteiger partial charge in [0.05, 0.1) is 0 Å². The zero-order valence-electron chi connectivity index (χ0n) is 17.4. The van der Waals surface area contributed by atoms with E-state index in [1.54, 1.807) is 24.0 Å². The van der Waals surface area contributed by atoms with Gasteiger partial charge in [0.1, 0.15) is 11.8 Å². The summed E-state index contributed by atoms with van der Waals surface area (Å²) in [6.07, 6.45) is 0. The number of aryl methyl sites for hydroxylation is 1. The Labute approximate surface area is 167 Å². The summed E-state index contributed by atoms with van der Waals surface area (Å²) < 4.78 is 5.61. The highest BCUT2D eigenvalue weighted by Gasteiger charge is 2.28. The summed E-state index contributed by atoms with van der Waals surface area (Å²) in [5.74, 6) is 0.201. The van der Waals surface area contributed by atoms with E-state index in [4.69, 9.17) is 4.74 Å². The van der Waals surface area contributed by atoms with Crippen LogP contribution in [0, 0.1) is 6.92 Å². The molecule has 0 aliphatic heterocycles. The molecule has 0 aliphatic rings. The Morgan fingerprint density at radius 3 is 2.21 bits per heavy atom. The molecule has 2 aromatic carbocycles. The molecule has 0 fully saturated rings. The number of rotatable bonds is 7. The fourth-order valence-corrected chi connectivity index (χ4v) is 2.69. The maximum absolute atomic E-state index is 12.9. The fraction of sp³-hybridized carbons (Fsp3) is 0.391. The molecule has 2 rings (SSSR count). The third kappa shape index (κ3) is 6.72. The number of nitrogens with one attached hydrogen (secondary N) is 1. The molecule has 150 valence electrons. The van der Waals surface area contributed by atoms with E-state index in [2.05, 4.69) is 5.32 Å². The van der Waals surface area contributed by atoms with Crippen LogP contribution in [-0.2, 0) is 16.1 Å². The average Bonchev–Trinajstić information content (AvgIpc) is 2.64. The van der Waals surface area contributed by atoms with Crippen LogP contribution in [0.1, 0.15) is 38.8 Å². The van der Waals surface area contributed by atoms with Gasteiger partial charge in [-0.1, -0.05) is 48.0 Å². The van der Waals surface area contributed by atoms with Crippen molar-refractivity contribution in [1.82, 2.24) is 10.2 Å². The van der Waals surface area contributed by atoms with Crippen LogP contribution in [0.2, 0.25) is 0 Å². The van der Waals surface area contributed by atoms with Crippen molar-refractivity contribution in [3.63, 3.8) is 0 Å². The van der Waals surface area contributed by atoms with Crippen LogP contribution < -0.4 is 10.1 Å². The smallest absolute Gasteiger partial charge is 0.261 e. The molecule has 0 saturated carbocycles. The van der Waals surface area contributed by atoms with Gasteiger partial charge in [-0.25, -0.2) is 0 Å².